The van der Waals surface area contributed by atoms with Gasteiger partial charge in [-0.1, -0.05) is 31.3 Å². The van der Waals surface area contributed by atoms with Crippen LogP contribution in [0.2, 0.25) is 0 Å². The van der Waals surface area contributed by atoms with E-state index in [1.165, 1.54) is 37.2 Å². The summed E-state index contributed by atoms with van der Waals surface area (Å²) >= 11 is 1.51. The summed E-state index contributed by atoms with van der Waals surface area (Å²) < 4.78 is 11.4. The number of hydrogen-bond donors (Lipinski definition) is 0. The Morgan fingerprint density at radius 2 is 1.77 bits per heavy atom. The van der Waals surface area contributed by atoms with Crippen molar-refractivity contribution in [3.63, 3.8) is 0 Å². The zero-order valence-electron chi connectivity index (χ0n) is 18.9. The molecule has 0 spiro atoms. The third kappa shape index (κ3) is 4.94. The monoisotopic (exact) mass is 443 g/mol. The molecule has 0 aliphatic heterocycles. The van der Waals surface area contributed by atoms with E-state index in [1.54, 1.807) is 4.90 Å². The molecule has 3 aromatic rings. The number of carbonyl (C=O) groups is 1. The number of carbonyl (C=O) groups excluding carboxylic acids is 1. The molecule has 2 heterocycles. The Morgan fingerprint density at radius 1 is 1.03 bits per heavy atom. The second-order valence-electron chi connectivity index (χ2n) is 7.12. The highest BCUT2D eigenvalue weighted by Gasteiger charge is 2.25. The van der Waals surface area contributed by atoms with Crippen molar-refractivity contribution in [2.24, 2.45) is 0 Å². The van der Waals surface area contributed by atoms with Crippen LogP contribution < -0.4 is 14.4 Å². The van der Waals surface area contributed by atoms with Crippen LogP contribution in [0.1, 0.15) is 35.5 Å². The molecule has 31 heavy (non-hydrogen) atoms. The van der Waals surface area contributed by atoms with Gasteiger partial charge in [-0.3, -0.25) is 9.69 Å². The second-order valence-corrected chi connectivity index (χ2v) is 8.13. The number of rotatable bonds is 9. The predicted octanol–water partition coefficient (Wildman–Crippen LogP) is 3.71. The predicted molar refractivity (Wildman–Crippen MR) is 124 cm³/mol. The summed E-state index contributed by atoms with van der Waals surface area (Å²) in [5, 5.41) is 0.650. The zero-order valence-corrected chi connectivity index (χ0v) is 19.7. The molecular weight excluding hydrogens is 414 g/mol. The highest BCUT2D eigenvalue weighted by molar-refractivity contribution is 7.22. The van der Waals surface area contributed by atoms with Gasteiger partial charge < -0.3 is 14.4 Å². The van der Waals surface area contributed by atoms with Crippen molar-refractivity contribution in [3.8, 4) is 11.9 Å². The summed E-state index contributed by atoms with van der Waals surface area (Å²) in [5.41, 5.74) is 3.44. The molecule has 8 nitrogen and oxygen atoms in total. The molecular formula is C22H29N5O3S. The van der Waals surface area contributed by atoms with Gasteiger partial charge in [-0.2, -0.15) is 9.97 Å². The van der Waals surface area contributed by atoms with Gasteiger partial charge in [0.05, 0.1) is 24.4 Å². The van der Waals surface area contributed by atoms with E-state index in [0.29, 0.717) is 11.7 Å². The molecule has 9 heteroatoms. The Morgan fingerprint density at radius 3 is 2.42 bits per heavy atom. The van der Waals surface area contributed by atoms with Gasteiger partial charge in [-0.25, -0.2) is 4.98 Å². The number of likely N-dealkylation sites (N-methyl/N-ethyl adjacent to an activating group) is 1. The number of anilines is 1. The summed E-state index contributed by atoms with van der Waals surface area (Å²) in [4.78, 5) is 30.7. The average Bonchev–Trinajstić information content (AvgIpc) is 3.23. The van der Waals surface area contributed by atoms with Crippen molar-refractivity contribution < 1.29 is 14.3 Å². The van der Waals surface area contributed by atoms with Crippen molar-refractivity contribution in [2.75, 3.05) is 45.3 Å². The Balaban J connectivity index is 2.04. The van der Waals surface area contributed by atoms with Gasteiger partial charge in [-0.15, -0.1) is 0 Å². The fourth-order valence-corrected chi connectivity index (χ4v) is 4.29. The standard InChI is InChI=1S/C22H29N5O3S/c1-7-26(8-2)11-12-27(20(28)16-13-18(29-5)24-21(23-16)30-6)22-25-19-15(4)14(3)9-10-17(19)31-22/h9-10,13H,7-8,11-12H2,1-6H3. The van der Waals surface area contributed by atoms with Crippen molar-refractivity contribution in [2.45, 2.75) is 27.7 Å². The van der Waals surface area contributed by atoms with E-state index in [9.17, 15) is 4.79 Å². The smallest absolute Gasteiger partial charge is 0.320 e. The number of aromatic nitrogens is 3. The van der Waals surface area contributed by atoms with Gasteiger partial charge in [0, 0.05) is 19.2 Å². The lowest BCUT2D eigenvalue weighted by Crippen LogP contribution is -2.39. The largest absolute Gasteiger partial charge is 0.481 e. The maximum absolute atomic E-state index is 13.6. The molecule has 0 saturated carbocycles. The van der Waals surface area contributed by atoms with Crippen LogP contribution in [0.5, 0.6) is 11.9 Å². The number of amides is 1. The lowest BCUT2D eigenvalue weighted by atomic mass is 10.1. The normalized spacial score (nSPS) is 11.2. The average molecular weight is 444 g/mol. The van der Waals surface area contributed by atoms with E-state index in [-0.39, 0.29) is 23.5 Å². The number of fused-ring (bicyclic) bond motifs is 1. The van der Waals surface area contributed by atoms with Gasteiger partial charge in [-0.05, 0) is 44.1 Å². The van der Waals surface area contributed by atoms with Gasteiger partial charge in [0.1, 0.15) is 5.69 Å². The van der Waals surface area contributed by atoms with Gasteiger partial charge in [0.25, 0.3) is 5.91 Å². The molecule has 0 saturated heterocycles. The van der Waals surface area contributed by atoms with Crippen molar-refractivity contribution in [1.29, 1.82) is 0 Å². The number of hydrogen-bond acceptors (Lipinski definition) is 8. The Hall–Kier alpha value is -2.78. The van der Waals surface area contributed by atoms with Gasteiger partial charge in [0.2, 0.25) is 5.88 Å². The summed E-state index contributed by atoms with van der Waals surface area (Å²) in [5.74, 6) is 0.00856. The topological polar surface area (TPSA) is 80.7 Å². The third-order valence-corrected chi connectivity index (χ3v) is 6.42. The minimum Gasteiger partial charge on any atom is -0.481 e. The third-order valence-electron chi connectivity index (χ3n) is 5.38. The maximum Gasteiger partial charge on any atom is 0.320 e. The number of benzene rings is 1. The van der Waals surface area contributed by atoms with Gasteiger partial charge >= 0.3 is 6.01 Å². The minimum atomic E-state index is -0.264. The van der Waals surface area contributed by atoms with E-state index in [0.717, 1.165) is 35.4 Å². The van der Waals surface area contributed by atoms with Crippen LogP contribution in [0.15, 0.2) is 18.2 Å². The fourth-order valence-electron chi connectivity index (χ4n) is 3.24. The van der Waals surface area contributed by atoms with Crippen LogP contribution in [0, 0.1) is 13.8 Å². The number of methoxy groups -OCH3 is 2. The van der Waals surface area contributed by atoms with E-state index >= 15 is 0 Å². The van der Waals surface area contributed by atoms with Crippen LogP contribution in [-0.2, 0) is 0 Å². The van der Waals surface area contributed by atoms with E-state index in [1.807, 2.05) is 0 Å². The van der Waals surface area contributed by atoms with E-state index in [4.69, 9.17) is 14.5 Å². The summed E-state index contributed by atoms with van der Waals surface area (Å²) in [6.07, 6.45) is 0. The lowest BCUT2D eigenvalue weighted by Gasteiger charge is -2.24. The number of ether oxygens (including phenoxy) is 2. The summed E-state index contributed by atoms with van der Waals surface area (Å²) in [6.45, 7) is 11.4. The SMILES string of the molecule is CCN(CC)CCN(C(=O)c1cc(OC)nc(OC)n1)c1nc2c(C)c(C)ccc2s1. The first-order chi connectivity index (χ1) is 14.9. The quantitative estimate of drug-likeness (QED) is 0.499. The molecule has 0 fully saturated rings. The molecule has 166 valence electrons. The first-order valence-corrected chi connectivity index (χ1v) is 11.1. The van der Waals surface area contributed by atoms with Crippen LogP contribution in [0.4, 0.5) is 5.13 Å². The number of aryl methyl sites for hydroxylation is 2. The number of nitrogens with zero attached hydrogens (tertiary/aromatic N) is 5. The van der Waals surface area contributed by atoms with Crippen molar-refractivity contribution in [3.05, 3.63) is 35.0 Å². The molecule has 0 bridgehead atoms. The van der Waals surface area contributed by atoms with Crippen molar-refractivity contribution in [1.82, 2.24) is 19.9 Å². The highest BCUT2D eigenvalue weighted by atomic mass is 32.1. The zero-order chi connectivity index (χ0) is 22.5. The lowest BCUT2D eigenvalue weighted by molar-refractivity contribution is 0.0977. The fraction of sp³-hybridized carbons (Fsp3) is 0.455. The number of thiazole rings is 1. The van der Waals surface area contributed by atoms with Crippen LogP contribution in [0.3, 0.4) is 0 Å². The first-order valence-electron chi connectivity index (χ1n) is 10.3. The van der Waals surface area contributed by atoms with Crippen LogP contribution >= 0.6 is 11.3 Å². The molecule has 0 aliphatic carbocycles. The molecule has 0 radical (unpaired) electrons. The molecule has 1 aromatic carbocycles. The summed E-state index contributed by atoms with van der Waals surface area (Å²) in [7, 11) is 2.95. The Bertz CT molecular complexity index is 1040. The first kappa shape index (κ1) is 22.9. The maximum atomic E-state index is 13.6. The second kappa shape index (κ2) is 10.0. The van der Waals surface area contributed by atoms with Crippen LogP contribution in [-0.4, -0.2) is 66.2 Å². The Labute approximate surface area is 186 Å². The van der Waals surface area contributed by atoms with Crippen LogP contribution in [0.25, 0.3) is 10.2 Å². The van der Waals surface area contributed by atoms with Gasteiger partial charge in [0.15, 0.2) is 5.13 Å². The van der Waals surface area contributed by atoms with Crippen molar-refractivity contribution >= 4 is 32.6 Å². The minimum absolute atomic E-state index is 0.0853. The molecule has 0 aliphatic rings. The summed E-state index contributed by atoms with van der Waals surface area (Å²) in [6, 6.07) is 5.75. The highest BCUT2D eigenvalue weighted by Crippen LogP contribution is 2.32. The molecule has 3 rings (SSSR count). The van der Waals surface area contributed by atoms with E-state index < -0.39 is 0 Å². The molecule has 0 atom stereocenters. The molecule has 2 aromatic heterocycles. The molecule has 1 amide bonds. The molecule has 0 N–H and O–H groups in total. The van der Waals surface area contributed by atoms with E-state index in [2.05, 4.69) is 54.7 Å². The molecule has 0 unspecified atom stereocenters. The Kier molecular flexibility index (Phi) is 7.40.